The maximum absolute atomic E-state index is 5.71. The number of nitrogens with zero attached hydrogens (tertiary/aromatic N) is 1. The van der Waals surface area contributed by atoms with Crippen LogP contribution in [-0.4, -0.2) is 45.5 Å². The van der Waals surface area contributed by atoms with Gasteiger partial charge in [-0.05, 0) is 26.2 Å². The average molecular weight is 259 g/mol. The molecule has 0 aromatic carbocycles. The van der Waals surface area contributed by atoms with Crippen molar-refractivity contribution in [3.63, 3.8) is 0 Å². The van der Waals surface area contributed by atoms with Crippen LogP contribution in [0.1, 0.15) is 39.5 Å². The molecular weight excluding hydrogens is 230 g/mol. The number of unbranched alkanes of at least 4 members (excludes halogenated alkanes) is 1. The number of nitrogens with two attached hydrogens (primary N) is 1. The predicted octanol–water partition coefficient (Wildman–Crippen LogP) is 1.52. The van der Waals surface area contributed by atoms with Crippen LogP contribution in [0.2, 0.25) is 0 Å². The maximum Gasteiger partial charge on any atom is 0.188 e. The van der Waals surface area contributed by atoms with Gasteiger partial charge in [0.15, 0.2) is 5.96 Å². The van der Waals surface area contributed by atoms with Crippen LogP contribution in [0.4, 0.5) is 0 Å². The first-order valence-electron chi connectivity index (χ1n) is 7.00. The molecule has 0 rings (SSSR count). The van der Waals surface area contributed by atoms with Crippen molar-refractivity contribution < 1.29 is 9.47 Å². The third-order valence-electron chi connectivity index (χ3n) is 2.35. The molecule has 0 atom stereocenters. The Morgan fingerprint density at radius 3 is 2.50 bits per heavy atom. The monoisotopic (exact) mass is 259 g/mol. The van der Waals surface area contributed by atoms with E-state index in [1.54, 1.807) is 0 Å². The van der Waals surface area contributed by atoms with Gasteiger partial charge in [0.25, 0.3) is 0 Å². The Bertz CT molecular complexity index is 199. The minimum Gasteiger partial charge on any atom is -0.382 e. The van der Waals surface area contributed by atoms with Crippen LogP contribution in [0, 0.1) is 0 Å². The first-order chi connectivity index (χ1) is 8.81. The summed E-state index contributed by atoms with van der Waals surface area (Å²) in [6.07, 6.45) is 4.18. The van der Waals surface area contributed by atoms with Crippen molar-refractivity contribution in [1.82, 2.24) is 5.32 Å². The van der Waals surface area contributed by atoms with Crippen LogP contribution < -0.4 is 11.1 Å². The Morgan fingerprint density at radius 1 is 1.06 bits per heavy atom. The molecule has 0 bridgehead atoms. The van der Waals surface area contributed by atoms with Gasteiger partial charge in [0, 0.05) is 39.5 Å². The quantitative estimate of drug-likeness (QED) is 0.317. The number of guanidine groups is 1. The van der Waals surface area contributed by atoms with Gasteiger partial charge >= 0.3 is 0 Å². The Hall–Kier alpha value is -0.810. The summed E-state index contributed by atoms with van der Waals surface area (Å²) in [4.78, 5) is 4.22. The fraction of sp³-hybridized carbons (Fsp3) is 0.923. The Kier molecular flexibility index (Phi) is 13.6. The fourth-order valence-corrected chi connectivity index (χ4v) is 1.31. The zero-order valence-electron chi connectivity index (χ0n) is 11.9. The van der Waals surface area contributed by atoms with E-state index in [0.717, 1.165) is 58.8 Å². The van der Waals surface area contributed by atoms with Crippen LogP contribution in [-0.2, 0) is 9.47 Å². The van der Waals surface area contributed by atoms with Gasteiger partial charge < -0.3 is 20.5 Å². The van der Waals surface area contributed by atoms with Gasteiger partial charge in [0.1, 0.15) is 0 Å². The molecule has 18 heavy (non-hydrogen) atoms. The first-order valence-corrected chi connectivity index (χ1v) is 7.00. The maximum atomic E-state index is 5.71. The number of hydrogen-bond acceptors (Lipinski definition) is 3. The SMILES string of the molecule is CCCCOCCCN=C(N)NCCCOCC. The summed E-state index contributed by atoms with van der Waals surface area (Å²) < 4.78 is 10.7. The van der Waals surface area contributed by atoms with E-state index < -0.39 is 0 Å². The lowest BCUT2D eigenvalue weighted by Crippen LogP contribution is -2.33. The summed E-state index contributed by atoms with van der Waals surface area (Å²) in [6, 6.07) is 0. The summed E-state index contributed by atoms with van der Waals surface area (Å²) in [5.74, 6) is 0.514. The molecule has 0 aliphatic rings. The number of nitrogens with one attached hydrogen (secondary N) is 1. The van der Waals surface area contributed by atoms with Gasteiger partial charge in [0.2, 0.25) is 0 Å². The zero-order valence-corrected chi connectivity index (χ0v) is 11.9. The predicted molar refractivity (Wildman–Crippen MR) is 75.9 cm³/mol. The summed E-state index contributed by atoms with van der Waals surface area (Å²) in [7, 11) is 0. The second kappa shape index (κ2) is 14.3. The Balaban J connectivity index is 3.25. The van der Waals surface area contributed by atoms with Gasteiger partial charge in [0.05, 0.1) is 0 Å². The second-order valence-corrected chi connectivity index (χ2v) is 4.06. The highest BCUT2D eigenvalue weighted by Crippen LogP contribution is 1.90. The summed E-state index contributed by atoms with van der Waals surface area (Å²) >= 11 is 0. The van der Waals surface area contributed by atoms with Gasteiger partial charge in [-0.3, -0.25) is 4.99 Å². The lowest BCUT2D eigenvalue weighted by molar-refractivity contribution is 0.130. The highest BCUT2D eigenvalue weighted by Gasteiger charge is 1.92. The summed E-state index contributed by atoms with van der Waals surface area (Å²) in [5.41, 5.74) is 5.71. The van der Waals surface area contributed by atoms with E-state index in [0.29, 0.717) is 5.96 Å². The standard InChI is InChI=1S/C13H29N3O2/c1-3-5-10-18-12-7-9-16-13(14)15-8-6-11-17-4-2/h3-12H2,1-2H3,(H3,14,15,16). The highest BCUT2D eigenvalue weighted by atomic mass is 16.5. The van der Waals surface area contributed by atoms with Crippen molar-refractivity contribution >= 4 is 5.96 Å². The highest BCUT2D eigenvalue weighted by molar-refractivity contribution is 5.77. The van der Waals surface area contributed by atoms with Gasteiger partial charge in [-0.15, -0.1) is 0 Å². The summed E-state index contributed by atoms with van der Waals surface area (Å²) in [6.45, 7) is 8.83. The topological polar surface area (TPSA) is 68.9 Å². The summed E-state index contributed by atoms with van der Waals surface area (Å²) in [5, 5.41) is 3.06. The minimum atomic E-state index is 0.514. The molecule has 0 spiro atoms. The Morgan fingerprint density at radius 2 is 1.78 bits per heavy atom. The lowest BCUT2D eigenvalue weighted by Gasteiger charge is -2.06. The van der Waals surface area contributed by atoms with Gasteiger partial charge in [-0.2, -0.15) is 0 Å². The third-order valence-corrected chi connectivity index (χ3v) is 2.35. The second-order valence-electron chi connectivity index (χ2n) is 4.06. The number of aliphatic imine (C=N–C) groups is 1. The van der Waals surface area contributed by atoms with Crippen molar-refractivity contribution in [3.8, 4) is 0 Å². The van der Waals surface area contributed by atoms with E-state index in [1.807, 2.05) is 6.92 Å². The van der Waals surface area contributed by atoms with Crippen LogP contribution >= 0.6 is 0 Å². The smallest absolute Gasteiger partial charge is 0.188 e. The van der Waals surface area contributed by atoms with E-state index >= 15 is 0 Å². The number of hydrogen-bond donors (Lipinski definition) is 2. The molecule has 5 heteroatoms. The van der Waals surface area contributed by atoms with E-state index in [4.69, 9.17) is 15.2 Å². The molecular formula is C13H29N3O2. The molecule has 0 unspecified atom stereocenters. The molecule has 0 radical (unpaired) electrons. The lowest BCUT2D eigenvalue weighted by atomic mass is 10.4. The Labute approximate surface area is 111 Å². The molecule has 0 saturated heterocycles. The zero-order chi connectivity index (χ0) is 13.5. The van der Waals surface area contributed by atoms with Crippen LogP contribution in [0.3, 0.4) is 0 Å². The van der Waals surface area contributed by atoms with Crippen LogP contribution in [0.15, 0.2) is 4.99 Å². The van der Waals surface area contributed by atoms with E-state index in [9.17, 15) is 0 Å². The van der Waals surface area contributed by atoms with Gasteiger partial charge in [-0.1, -0.05) is 13.3 Å². The van der Waals surface area contributed by atoms with Crippen molar-refractivity contribution in [2.24, 2.45) is 10.7 Å². The molecule has 0 aliphatic heterocycles. The van der Waals surface area contributed by atoms with Gasteiger partial charge in [-0.25, -0.2) is 0 Å². The molecule has 0 saturated carbocycles. The largest absolute Gasteiger partial charge is 0.382 e. The normalized spacial score (nSPS) is 11.8. The minimum absolute atomic E-state index is 0.514. The van der Waals surface area contributed by atoms with Crippen molar-refractivity contribution in [3.05, 3.63) is 0 Å². The third kappa shape index (κ3) is 13.3. The number of rotatable bonds is 12. The average Bonchev–Trinajstić information content (AvgIpc) is 2.37. The molecule has 0 fully saturated rings. The van der Waals surface area contributed by atoms with Crippen molar-refractivity contribution in [2.75, 3.05) is 39.5 Å². The molecule has 0 aromatic heterocycles. The molecule has 108 valence electrons. The van der Waals surface area contributed by atoms with Crippen molar-refractivity contribution in [2.45, 2.75) is 39.5 Å². The molecule has 0 aromatic rings. The fourth-order valence-electron chi connectivity index (χ4n) is 1.31. The van der Waals surface area contributed by atoms with E-state index in [-0.39, 0.29) is 0 Å². The number of ether oxygens (including phenoxy) is 2. The van der Waals surface area contributed by atoms with E-state index in [2.05, 4.69) is 17.2 Å². The first kappa shape index (κ1) is 17.2. The molecule has 0 aliphatic carbocycles. The van der Waals surface area contributed by atoms with Crippen molar-refractivity contribution in [1.29, 1.82) is 0 Å². The molecule has 0 heterocycles. The molecule has 3 N–H and O–H groups in total. The van der Waals surface area contributed by atoms with E-state index in [1.165, 1.54) is 6.42 Å². The molecule has 0 amide bonds. The van der Waals surface area contributed by atoms with Crippen LogP contribution in [0.5, 0.6) is 0 Å². The molecule has 5 nitrogen and oxygen atoms in total. The van der Waals surface area contributed by atoms with Crippen LogP contribution in [0.25, 0.3) is 0 Å².